The molecule has 0 bridgehead atoms. The Hall–Kier alpha value is -2.50. The third-order valence-electron chi connectivity index (χ3n) is 6.50. The van der Waals surface area contributed by atoms with Crippen LogP contribution in [0, 0.1) is 0 Å². The molecule has 0 spiro atoms. The van der Waals surface area contributed by atoms with Crippen LogP contribution in [-0.2, 0) is 19.5 Å². The molecule has 0 saturated carbocycles. The SMILES string of the molecule is COc1ccccc1-c1cc2c(n(Cc3ccccc3)c1=O)CCN(C1CCSC1)C2. The average Bonchev–Trinajstić information content (AvgIpc) is 3.36. The second-order valence-corrected chi connectivity index (χ2v) is 9.49. The second kappa shape index (κ2) is 8.93. The molecule has 160 valence electrons. The molecule has 2 aromatic carbocycles. The van der Waals surface area contributed by atoms with Crippen LogP contribution < -0.4 is 10.3 Å². The lowest BCUT2D eigenvalue weighted by atomic mass is 9.97. The third-order valence-corrected chi connectivity index (χ3v) is 7.65. The zero-order chi connectivity index (χ0) is 21.2. The van der Waals surface area contributed by atoms with Crippen LogP contribution in [0.5, 0.6) is 5.75 Å². The summed E-state index contributed by atoms with van der Waals surface area (Å²) in [6.45, 7) is 2.54. The van der Waals surface area contributed by atoms with Crippen LogP contribution in [-0.4, -0.2) is 40.7 Å². The van der Waals surface area contributed by atoms with E-state index in [1.807, 2.05) is 47.0 Å². The van der Waals surface area contributed by atoms with Gasteiger partial charge in [0.1, 0.15) is 5.75 Å². The summed E-state index contributed by atoms with van der Waals surface area (Å²) in [5, 5.41) is 0. The van der Waals surface area contributed by atoms with E-state index in [-0.39, 0.29) is 5.56 Å². The van der Waals surface area contributed by atoms with Gasteiger partial charge in [-0.2, -0.15) is 11.8 Å². The largest absolute Gasteiger partial charge is 0.496 e. The van der Waals surface area contributed by atoms with E-state index in [0.717, 1.165) is 42.0 Å². The third kappa shape index (κ3) is 4.04. The fourth-order valence-electron chi connectivity index (χ4n) is 4.86. The molecule has 5 heteroatoms. The molecule has 0 amide bonds. The molecular weight excluding hydrogens is 404 g/mol. The van der Waals surface area contributed by atoms with Crippen LogP contribution in [0.25, 0.3) is 11.1 Å². The van der Waals surface area contributed by atoms with E-state index in [1.165, 1.54) is 29.2 Å². The number of rotatable bonds is 5. The summed E-state index contributed by atoms with van der Waals surface area (Å²) in [7, 11) is 1.67. The lowest BCUT2D eigenvalue weighted by molar-refractivity contribution is 0.191. The molecule has 1 unspecified atom stereocenters. The van der Waals surface area contributed by atoms with Gasteiger partial charge in [-0.25, -0.2) is 0 Å². The number of hydrogen-bond acceptors (Lipinski definition) is 4. The van der Waals surface area contributed by atoms with Crippen LogP contribution >= 0.6 is 11.8 Å². The van der Waals surface area contributed by atoms with E-state index in [2.05, 4.69) is 34.9 Å². The van der Waals surface area contributed by atoms with Crippen molar-refractivity contribution in [3.05, 3.63) is 87.8 Å². The van der Waals surface area contributed by atoms with E-state index in [9.17, 15) is 4.79 Å². The highest BCUT2D eigenvalue weighted by atomic mass is 32.2. The number of benzene rings is 2. The molecule has 3 aromatic rings. The number of hydrogen-bond donors (Lipinski definition) is 0. The van der Waals surface area contributed by atoms with Gasteiger partial charge in [-0.05, 0) is 35.4 Å². The Labute approximate surface area is 187 Å². The molecule has 2 aliphatic rings. The first kappa shape index (κ1) is 20.4. The minimum absolute atomic E-state index is 0.0666. The van der Waals surface area contributed by atoms with E-state index >= 15 is 0 Å². The molecule has 0 N–H and O–H groups in total. The lowest BCUT2D eigenvalue weighted by Crippen LogP contribution is -2.42. The smallest absolute Gasteiger partial charge is 0.259 e. The fraction of sp³-hybridized carbons (Fsp3) is 0.346. The molecule has 0 radical (unpaired) electrons. The number of pyridine rings is 1. The number of thioether (sulfide) groups is 1. The van der Waals surface area contributed by atoms with Gasteiger partial charge < -0.3 is 9.30 Å². The molecule has 5 rings (SSSR count). The molecule has 2 aliphatic heterocycles. The van der Waals surface area contributed by atoms with Crippen molar-refractivity contribution in [2.75, 3.05) is 25.2 Å². The summed E-state index contributed by atoms with van der Waals surface area (Å²) in [6, 6.07) is 20.9. The second-order valence-electron chi connectivity index (χ2n) is 8.35. The minimum atomic E-state index is 0.0666. The predicted octanol–water partition coefficient (Wildman–Crippen LogP) is 4.44. The van der Waals surface area contributed by atoms with Gasteiger partial charge in [-0.15, -0.1) is 0 Å². The van der Waals surface area contributed by atoms with Crippen molar-refractivity contribution < 1.29 is 4.74 Å². The van der Waals surface area contributed by atoms with E-state index in [1.54, 1.807) is 7.11 Å². The molecule has 1 saturated heterocycles. The Bertz CT molecular complexity index is 1120. The number of methoxy groups -OCH3 is 1. The lowest BCUT2D eigenvalue weighted by Gasteiger charge is -2.34. The molecule has 31 heavy (non-hydrogen) atoms. The van der Waals surface area contributed by atoms with E-state index in [0.29, 0.717) is 12.6 Å². The van der Waals surface area contributed by atoms with Gasteiger partial charge in [-0.3, -0.25) is 9.69 Å². The monoisotopic (exact) mass is 432 g/mol. The zero-order valence-corrected chi connectivity index (χ0v) is 18.7. The molecule has 3 heterocycles. The standard InChI is InChI=1S/C26H28N2O2S/c1-30-25-10-6-5-9-22(25)23-15-20-17-27(21-12-14-31-18-21)13-11-24(20)28(26(23)29)16-19-7-3-2-4-8-19/h2-10,15,21H,11-14,16-18H2,1H3. The van der Waals surface area contributed by atoms with E-state index in [4.69, 9.17) is 4.74 Å². The van der Waals surface area contributed by atoms with Gasteiger partial charge in [0.2, 0.25) is 0 Å². The van der Waals surface area contributed by atoms with Crippen LogP contribution in [0.3, 0.4) is 0 Å². The maximum Gasteiger partial charge on any atom is 0.259 e. The summed E-state index contributed by atoms with van der Waals surface area (Å²) < 4.78 is 7.61. The van der Waals surface area contributed by atoms with Crippen molar-refractivity contribution in [2.45, 2.75) is 32.0 Å². The van der Waals surface area contributed by atoms with Crippen LogP contribution in [0.1, 0.15) is 23.2 Å². The first-order valence-electron chi connectivity index (χ1n) is 11.0. The Balaban J connectivity index is 1.63. The number of para-hydroxylation sites is 1. The Kier molecular flexibility index (Phi) is 5.88. The number of ether oxygens (including phenoxy) is 1. The Morgan fingerprint density at radius 3 is 2.65 bits per heavy atom. The van der Waals surface area contributed by atoms with Crippen molar-refractivity contribution in [3.63, 3.8) is 0 Å². The predicted molar refractivity (Wildman–Crippen MR) is 128 cm³/mol. The normalized spacial score (nSPS) is 18.7. The maximum atomic E-state index is 13.7. The number of fused-ring (bicyclic) bond motifs is 1. The van der Waals surface area contributed by atoms with Gasteiger partial charge in [0.15, 0.2) is 0 Å². The van der Waals surface area contributed by atoms with Crippen LogP contribution in [0.15, 0.2) is 65.5 Å². The van der Waals surface area contributed by atoms with Crippen molar-refractivity contribution in [2.24, 2.45) is 0 Å². The van der Waals surface area contributed by atoms with Crippen molar-refractivity contribution in [1.29, 1.82) is 0 Å². The summed E-state index contributed by atoms with van der Waals surface area (Å²) in [5.74, 6) is 3.22. The summed E-state index contributed by atoms with van der Waals surface area (Å²) in [4.78, 5) is 16.4. The summed E-state index contributed by atoms with van der Waals surface area (Å²) in [6.07, 6.45) is 2.19. The maximum absolute atomic E-state index is 13.7. The molecule has 1 fully saturated rings. The highest BCUT2D eigenvalue weighted by Gasteiger charge is 2.29. The van der Waals surface area contributed by atoms with Crippen molar-refractivity contribution in [1.82, 2.24) is 9.47 Å². The number of aromatic nitrogens is 1. The van der Waals surface area contributed by atoms with Crippen LogP contribution in [0.2, 0.25) is 0 Å². The van der Waals surface area contributed by atoms with Gasteiger partial charge in [0.05, 0.1) is 19.2 Å². The highest BCUT2D eigenvalue weighted by molar-refractivity contribution is 7.99. The Morgan fingerprint density at radius 2 is 1.87 bits per heavy atom. The quantitative estimate of drug-likeness (QED) is 0.597. The fourth-order valence-corrected chi connectivity index (χ4v) is 6.11. The molecule has 0 aliphatic carbocycles. The zero-order valence-electron chi connectivity index (χ0n) is 17.9. The first-order valence-corrected chi connectivity index (χ1v) is 12.1. The van der Waals surface area contributed by atoms with Crippen molar-refractivity contribution in [3.8, 4) is 16.9 Å². The average molecular weight is 433 g/mol. The molecule has 4 nitrogen and oxygen atoms in total. The first-order chi connectivity index (χ1) is 15.2. The van der Waals surface area contributed by atoms with Crippen molar-refractivity contribution >= 4 is 11.8 Å². The Morgan fingerprint density at radius 1 is 1.06 bits per heavy atom. The summed E-state index contributed by atoms with van der Waals surface area (Å²) in [5.41, 5.74) is 5.28. The topological polar surface area (TPSA) is 34.5 Å². The molecule has 1 atom stereocenters. The van der Waals surface area contributed by atoms with Gasteiger partial charge in [-0.1, -0.05) is 48.5 Å². The highest BCUT2D eigenvalue weighted by Crippen LogP contribution is 2.32. The van der Waals surface area contributed by atoms with Gasteiger partial charge in [0.25, 0.3) is 5.56 Å². The van der Waals surface area contributed by atoms with E-state index < -0.39 is 0 Å². The molecular formula is C26H28N2O2S. The minimum Gasteiger partial charge on any atom is -0.496 e. The van der Waals surface area contributed by atoms with Crippen LogP contribution in [0.4, 0.5) is 0 Å². The van der Waals surface area contributed by atoms with Gasteiger partial charge >= 0.3 is 0 Å². The van der Waals surface area contributed by atoms with Gasteiger partial charge in [0, 0.05) is 42.6 Å². The molecule has 1 aromatic heterocycles. The number of nitrogens with zero attached hydrogens (tertiary/aromatic N) is 2. The summed E-state index contributed by atoms with van der Waals surface area (Å²) >= 11 is 2.06.